The van der Waals surface area contributed by atoms with Crippen LogP contribution in [-0.2, 0) is 11.3 Å². The largest absolute Gasteiger partial charge is 0.444 e. The lowest BCUT2D eigenvalue weighted by molar-refractivity contribution is 0.0139. The van der Waals surface area contributed by atoms with Gasteiger partial charge in [0.1, 0.15) is 5.60 Å². The topological polar surface area (TPSA) is 32.8 Å². The summed E-state index contributed by atoms with van der Waals surface area (Å²) in [7, 11) is 0. The Kier molecular flexibility index (Phi) is 5.50. The van der Waals surface area contributed by atoms with Crippen LogP contribution in [0, 0.1) is 6.92 Å². The molecule has 5 heteroatoms. The second kappa shape index (κ2) is 7.01. The van der Waals surface area contributed by atoms with Gasteiger partial charge in [-0.05, 0) is 44.9 Å². The summed E-state index contributed by atoms with van der Waals surface area (Å²) >= 11 is 3.58. The first-order valence-electron chi connectivity index (χ1n) is 7.70. The SMILES string of the molecule is Cc1ccc(CN2CCN(C(=O)OC(C)(C)C)CC2)cc1Br. The third-order valence-electron chi connectivity index (χ3n) is 3.67. The highest BCUT2D eigenvalue weighted by Gasteiger charge is 2.25. The third-order valence-corrected chi connectivity index (χ3v) is 4.52. The van der Waals surface area contributed by atoms with Crippen LogP contribution >= 0.6 is 15.9 Å². The van der Waals surface area contributed by atoms with Gasteiger partial charge in [0.05, 0.1) is 0 Å². The van der Waals surface area contributed by atoms with Gasteiger partial charge in [0, 0.05) is 37.2 Å². The molecule has 2 rings (SSSR count). The Balaban J connectivity index is 1.84. The highest BCUT2D eigenvalue weighted by atomic mass is 79.9. The molecule has 0 atom stereocenters. The summed E-state index contributed by atoms with van der Waals surface area (Å²) in [5.41, 5.74) is 2.12. The molecule has 1 saturated heterocycles. The number of carbonyl (C=O) groups excluding carboxylic acids is 1. The van der Waals surface area contributed by atoms with Crippen molar-refractivity contribution in [1.82, 2.24) is 9.80 Å². The lowest BCUT2D eigenvalue weighted by atomic mass is 10.1. The van der Waals surface area contributed by atoms with Gasteiger partial charge in [0.25, 0.3) is 0 Å². The molecule has 1 fully saturated rings. The summed E-state index contributed by atoms with van der Waals surface area (Å²) in [4.78, 5) is 16.2. The molecule has 1 aliphatic rings. The summed E-state index contributed by atoms with van der Waals surface area (Å²) in [5, 5.41) is 0. The zero-order chi connectivity index (χ0) is 16.3. The molecule has 22 heavy (non-hydrogen) atoms. The monoisotopic (exact) mass is 368 g/mol. The maximum absolute atomic E-state index is 12.0. The van der Waals surface area contributed by atoms with Crippen molar-refractivity contribution >= 4 is 22.0 Å². The first-order chi connectivity index (χ1) is 10.2. The van der Waals surface area contributed by atoms with Crippen molar-refractivity contribution in [3.8, 4) is 0 Å². The summed E-state index contributed by atoms with van der Waals surface area (Å²) in [6.45, 7) is 11.9. The number of amides is 1. The molecule has 1 amide bonds. The number of piperazine rings is 1. The van der Waals surface area contributed by atoms with Crippen LogP contribution in [0.1, 0.15) is 31.9 Å². The molecule has 0 aliphatic carbocycles. The highest BCUT2D eigenvalue weighted by molar-refractivity contribution is 9.10. The maximum atomic E-state index is 12.0. The van der Waals surface area contributed by atoms with Crippen molar-refractivity contribution in [3.63, 3.8) is 0 Å². The first kappa shape index (κ1) is 17.3. The molecule has 1 aliphatic heterocycles. The van der Waals surface area contributed by atoms with Gasteiger partial charge >= 0.3 is 6.09 Å². The number of rotatable bonds is 2. The van der Waals surface area contributed by atoms with E-state index in [9.17, 15) is 4.79 Å². The number of benzene rings is 1. The Hall–Kier alpha value is -1.07. The Morgan fingerprint density at radius 2 is 1.86 bits per heavy atom. The minimum Gasteiger partial charge on any atom is -0.444 e. The Morgan fingerprint density at radius 1 is 1.23 bits per heavy atom. The molecule has 122 valence electrons. The predicted molar refractivity (Wildman–Crippen MR) is 92.0 cm³/mol. The van der Waals surface area contributed by atoms with E-state index in [1.165, 1.54) is 11.1 Å². The van der Waals surface area contributed by atoms with Crippen LogP contribution in [0.3, 0.4) is 0 Å². The predicted octanol–water partition coefficient (Wildman–Crippen LogP) is 3.81. The van der Waals surface area contributed by atoms with Crippen molar-refractivity contribution in [2.45, 2.75) is 39.8 Å². The zero-order valence-electron chi connectivity index (χ0n) is 13.9. The molecule has 0 saturated carbocycles. The van der Waals surface area contributed by atoms with Crippen molar-refractivity contribution in [2.75, 3.05) is 26.2 Å². The van der Waals surface area contributed by atoms with Crippen LogP contribution in [0.5, 0.6) is 0 Å². The van der Waals surface area contributed by atoms with Crippen molar-refractivity contribution in [2.24, 2.45) is 0 Å². The lowest BCUT2D eigenvalue weighted by Crippen LogP contribution is -2.49. The number of hydrogen-bond donors (Lipinski definition) is 0. The van der Waals surface area contributed by atoms with Crippen LogP contribution in [0.15, 0.2) is 22.7 Å². The van der Waals surface area contributed by atoms with Crippen molar-refractivity contribution in [3.05, 3.63) is 33.8 Å². The average Bonchev–Trinajstić information content (AvgIpc) is 2.42. The average molecular weight is 369 g/mol. The molecule has 1 heterocycles. The lowest BCUT2D eigenvalue weighted by Gasteiger charge is -2.35. The third kappa shape index (κ3) is 4.99. The smallest absolute Gasteiger partial charge is 0.410 e. The van der Waals surface area contributed by atoms with Crippen LogP contribution in [0.25, 0.3) is 0 Å². The van der Waals surface area contributed by atoms with Crippen LogP contribution < -0.4 is 0 Å². The van der Waals surface area contributed by atoms with Crippen LogP contribution in [0.2, 0.25) is 0 Å². The van der Waals surface area contributed by atoms with Crippen molar-refractivity contribution in [1.29, 1.82) is 0 Å². The number of halogens is 1. The van der Waals surface area contributed by atoms with Gasteiger partial charge in [-0.25, -0.2) is 4.79 Å². The molecule has 0 unspecified atom stereocenters. The molecule has 0 N–H and O–H groups in total. The number of ether oxygens (including phenoxy) is 1. The van der Waals surface area contributed by atoms with E-state index in [2.05, 4.69) is 46.0 Å². The van der Waals surface area contributed by atoms with Crippen LogP contribution in [0.4, 0.5) is 4.79 Å². The zero-order valence-corrected chi connectivity index (χ0v) is 15.4. The molecule has 1 aromatic rings. The number of carbonyl (C=O) groups is 1. The fourth-order valence-corrected chi connectivity index (χ4v) is 2.83. The summed E-state index contributed by atoms with van der Waals surface area (Å²) in [6, 6.07) is 6.48. The normalized spacial score (nSPS) is 16.7. The fraction of sp³-hybridized carbons (Fsp3) is 0.588. The molecule has 1 aromatic carbocycles. The number of aryl methyl sites for hydroxylation is 1. The summed E-state index contributed by atoms with van der Waals surface area (Å²) in [6.07, 6.45) is -0.203. The second-order valence-corrected chi connectivity index (χ2v) is 7.68. The molecular weight excluding hydrogens is 344 g/mol. The number of hydrogen-bond acceptors (Lipinski definition) is 3. The molecule has 0 spiro atoms. The summed E-state index contributed by atoms with van der Waals surface area (Å²) in [5.74, 6) is 0. The first-order valence-corrected chi connectivity index (χ1v) is 8.49. The van der Waals surface area contributed by atoms with Crippen LogP contribution in [-0.4, -0.2) is 47.7 Å². The quantitative estimate of drug-likeness (QED) is 0.795. The van der Waals surface area contributed by atoms with E-state index in [0.717, 1.165) is 37.2 Å². The van der Waals surface area contributed by atoms with Gasteiger partial charge in [0.15, 0.2) is 0 Å². The number of nitrogens with zero attached hydrogens (tertiary/aromatic N) is 2. The van der Waals surface area contributed by atoms with Gasteiger partial charge in [-0.2, -0.15) is 0 Å². The minimum atomic E-state index is -0.428. The van der Waals surface area contributed by atoms with Gasteiger partial charge in [-0.15, -0.1) is 0 Å². The van der Waals surface area contributed by atoms with Gasteiger partial charge in [-0.1, -0.05) is 28.1 Å². The van der Waals surface area contributed by atoms with E-state index in [-0.39, 0.29) is 6.09 Å². The van der Waals surface area contributed by atoms with Gasteiger partial charge in [-0.3, -0.25) is 4.90 Å². The molecule has 0 bridgehead atoms. The Bertz CT molecular complexity index is 532. The van der Waals surface area contributed by atoms with Gasteiger partial charge < -0.3 is 9.64 Å². The standard InChI is InChI=1S/C17H25BrN2O2/c1-13-5-6-14(11-15(13)18)12-19-7-9-20(10-8-19)16(21)22-17(2,3)4/h5-6,11H,7-10,12H2,1-4H3. The Morgan fingerprint density at radius 3 is 2.41 bits per heavy atom. The van der Waals surface area contributed by atoms with E-state index < -0.39 is 5.60 Å². The van der Waals surface area contributed by atoms with E-state index in [0.29, 0.717) is 0 Å². The Labute approximate surface area is 141 Å². The van der Waals surface area contributed by atoms with E-state index >= 15 is 0 Å². The minimum absolute atomic E-state index is 0.203. The van der Waals surface area contributed by atoms with E-state index in [1.807, 2.05) is 20.8 Å². The van der Waals surface area contributed by atoms with E-state index in [4.69, 9.17) is 4.74 Å². The fourth-order valence-electron chi connectivity index (χ4n) is 2.41. The second-order valence-electron chi connectivity index (χ2n) is 6.83. The van der Waals surface area contributed by atoms with Crippen molar-refractivity contribution < 1.29 is 9.53 Å². The molecule has 0 radical (unpaired) electrons. The summed E-state index contributed by atoms with van der Waals surface area (Å²) < 4.78 is 6.57. The van der Waals surface area contributed by atoms with Gasteiger partial charge in [0.2, 0.25) is 0 Å². The molecule has 0 aromatic heterocycles. The maximum Gasteiger partial charge on any atom is 0.410 e. The molecule has 4 nitrogen and oxygen atoms in total. The molecular formula is C17H25BrN2O2. The van der Waals surface area contributed by atoms with E-state index in [1.54, 1.807) is 4.90 Å². The highest BCUT2D eigenvalue weighted by Crippen LogP contribution is 2.19.